The number of hydrogen-bond donors (Lipinski definition) is 1. The Morgan fingerprint density at radius 2 is 2.26 bits per heavy atom. The smallest absolute Gasteiger partial charge is 0.276 e. The predicted octanol–water partition coefficient (Wildman–Crippen LogP) is 2.80. The van der Waals surface area contributed by atoms with E-state index >= 15 is 0 Å². The van der Waals surface area contributed by atoms with E-state index in [1.165, 1.54) is 6.07 Å². The third-order valence-electron chi connectivity index (χ3n) is 3.54. The lowest BCUT2D eigenvalue weighted by molar-refractivity contribution is -0.384. The number of nitrogens with one attached hydrogen (secondary N) is 1. The molecule has 1 aromatic rings. The van der Waals surface area contributed by atoms with Crippen LogP contribution in [0.1, 0.15) is 33.6 Å². The number of anilines is 2. The Bertz CT molecular complexity index is 488. The average Bonchev–Trinajstić information content (AvgIpc) is 2.69. The molecule has 1 fully saturated rings. The van der Waals surface area contributed by atoms with E-state index in [1.54, 1.807) is 6.07 Å². The Labute approximate surface area is 113 Å². The van der Waals surface area contributed by atoms with E-state index in [2.05, 4.69) is 29.0 Å². The Morgan fingerprint density at radius 3 is 2.79 bits per heavy atom. The first-order chi connectivity index (χ1) is 8.94. The van der Waals surface area contributed by atoms with E-state index in [1.807, 2.05) is 6.92 Å². The summed E-state index contributed by atoms with van der Waals surface area (Å²) in [5, 5.41) is 14.1. The zero-order chi connectivity index (χ0) is 14.0. The van der Waals surface area contributed by atoms with Crippen LogP contribution in [-0.4, -0.2) is 28.5 Å². The summed E-state index contributed by atoms with van der Waals surface area (Å²) in [6.45, 7) is 7.82. The molecule has 0 bridgehead atoms. The van der Waals surface area contributed by atoms with Gasteiger partial charge in [-0.25, -0.2) is 4.98 Å². The number of aromatic nitrogens is 1. The molecule has 104 valence electrons. The summed E-state index contributed by atoms with van der Waals surface area (Å²) in [4.78, 5) is 17.3. The van der Waals surface area contributed by atoms with Gasteiger partial charge >= 0.3 is 0 Å². The fraction of sp³-hybridized carbons (Fsp3) is 0.615. The Morgan fingerprint density at radius 1 is 1.53 bits per heavy atom. The predicted molar refractivity (Wildman–Crippen MR) is 75.7 cm³/mol. The summed E-state index contributed by atoms with van der Waals surface area (Å²) >= 11 is 0. The van der Waals surface area contributed by atoms with Crippen molar-refractivity contribution in [3.63, 3.8) is 0 Å². The van der Waals surface area contributed by atoms with Gasteiger partial charge < -0.3 is 10.2 Å². The molecule has 0 atom stereocenters. The quantitative estimate of drug-likeness (QED) is 0.668. The number of pyridine rings is 1. The molecule has 0 aromatic carbocycles. The van der Waals surface area contributed by atoms with Gasteiger partial charge in [-0.3, -0.25) is 10.1 Å². The molecule has 0 spiro atoms. The summed E-state index contributed by atoms with van der Waals surface area (Å²) in [6.07, 6.45) is 2.17. The molecule has 0 saturated carbocycles. The minimum absolute atomic E-state index is 0.00566. The van der Waals surface area contributed by atoms with Crippen molar-refractivity contribution in [1.82, 2.24) is 4.98 Å². The highest BCUT2D eigenvalue weighted by Crippen LogP contribution is 2.34. The molecule has 1 aromatic heterocycles. The number of hydrogen-bond acceptors (Lipinski definition) is 5. The topological polar surface area (TPSA) is 71.3 Å². The van der Waals surface area contributed by atoms with E-state index in [4.69, 9.17) is 0 Å². The Hall–Kier alpha value is -1.85. The maximum Gasteiger partial charge on any atom is 0.276 e. The van der Waals surface area contributed by atoms with Crippen LogP contribution in [0.2, 0.25) is 0 Å². The zero-order valence-electron chi connectivity index (χ0n) is 11.6. The van der Waals surface area contributed by atoms with Crippen molar-refractivity contribution in [2.45, 2.75) is 39.2 Å². The lowest BCUT2D eigenvalue weighted by Crippen LogP contribution is -2.38. The van der Waals surface area contributed by atoms with E-state index in [0.717, 1.165) is 19.4 Å². The fourth-order valence-corrected chi connectivity index (χ4v) is 2.55. The van der Waals surface area contributed by atoms with Gasteiger partial charge in [0.1, 0.15) is 11.6 Å². The van der Waals surface area contributed by atoms with Crippen LogP contribution in [0.5, 0.6) is 0 Å². The fourth-order valence-electron chi connectivity index (χ4n) is 2.55. The van der Waals surface area contributed by atoms with Crippen LogP contribution < -0.4 is 10.2 Å². The van der Waals surface area contributed by atoms with Crippen LogP contribution in [0, 0.1) is 10.1 Å². The molecule has 1 saturated heterocycles. The van der Waals surface area contributed by atoms with Gasteiger partial charge in [0.2, 0.25) is 0 Å². The standard InChI is InChI=1S/C13H20N4O2/c1-4-14-11-8-10(17(18)19)9-12(15-11)16-7-5-6-13(16,2)3/h8-9H,4-7H2,1-3H3,(H,14,15). The van der Waals surface area contributed by atoms with Crippen molar-refractivity contribution in [2.24, 2.45) is 0 Å². The molecule has 2 rings (SSSR count). The first kappa shape index (κ1) is 13.6. The van der Waals surface area contributed by atoms with Crippen LogP contribution in [0.4, 0.5) is 17.3 Å². The molecule has 2 heterocycles. The second-order valence-electron chi connectivity index (χ2n) is 5.42. The average molecular weight is 264 g/mol. The highest BCUT2D eigenvalue weighted by molar-refractivity contribution is 5.57. The van der Waals surface area contributed by atoms with Gasteiger partial charge in [-0.05, 0) is 33.6 Å². The molecule has 0 radical (unpaired) electrons. The van der Waals surface area contributed by atoms with Crippen LogP contribution in [0.15, 0.2) is 12.1 Å². The first-order valence-electron chi connectivity index (χ1n) is 6.62. The zero-order valence-corrected chi connectivity index (χ0v) is 11.6. The third kappa shape index (κ3) is 2.77. The summed E-state index contributed by atoms with van der Waals surface area (Å²) in [6, 6.07) is 3.05. The molecule has 19 heavy (non-hydrogen) atoms. The maximum absolute atomic E-state index is 11.0. The summed E-state index contributed by atoms with van der Waals surface area (Å²) in [7, 11) is 0. The summed E-state index contributed by atoms with van der Waals surface area (Å²) < 4.78 is 0. The lowest BCUT2D eigenvalue weighted by atomic mass is 10.0. The van der Waals surface area contributed by atoms with Gasteiger partial charge in [0.25, 0.3) is 5.69 Å². The second-order valence-corrected chi connectivity index (χ2v) is 5.42. The third-order valence-corrected chi connectivity index (χ3v) is 3.54. The first-order valence-corrected chi connectivity index (χ1v) is 6.62. The van der Waals surface area contributed by atoms with Gasteiger partial charge in [0.05, 0.1) is 17.1 Å². The molecule has 6 nitrogen and oxygen atoms in total. The van der Waals surface area contributed by atoms with Crippen molar-refractivity contribution in [3.05, 3.63) is 22.2 Å². The number of rotatable bonds is 4. The van der Waals surface area contributed by atoms with Gasteiger partial charge in [-0.15, -0.1) is 0 Å². The number of nitro groups is 1. The van der Waals surface area contributed by atoms with Gasteiger partial charge in [0, 0.05) is 18.6 Å². The van der Waals surface area contributed by atoms with Crippen molar-refractivity contribution in [2.75, 3.05) is 23.3 Å². The highest BCUT2D eigenvalue weighted by atomic mass is 16.6. The monoisotopic (exact) mass is 264 g/mol. The van der Waals surface area contributed by atoms with E-state index < -0.39 is 0 Å². The highest BCUT2D eigenvalue weighted by Gasteiger charge is 2.33. The van der Waals surface area contributed by atoms with Gasteiger partial charge in [0.15, 0.2) is 0 Å². The van der Waals surface area contributed by atoms with Crippen LogP contribution in [-0.2, 0) is 0 Å². The van der Waals surface area contributed by atoms with E-state index in [9.17, 15) is 10.1 Å². The molecule has 0 unspecified atom stereocenters. The molecule has 0 amide bonds. The lowest BCUT2D eigenvalue weighted by Gasteiger charge is -2.32. The number of nitrogens with zero attached hydrogens (tertiary/aromatic N) is 3. The maximum atomic E-state index is 11.0. The molecule has 1 N–H and O–H groups in total. The van der Waals surface area contributed by atoms with Crippen LogP contribution in [0.3, 0.4) is 0 Å². The second kappa shape index (κ2) is 5.03. The van der Waals surface area contributed by atoms with E-state index in [0.29, 0.717) is 18.2 Å². The van der Waals surface area contributed by atoms with Crippen molar-refractivity contribution in [1.29, 1.82) is 0 Å². The van der Waals surface area contributed by atoms with Crippen LogP contribution in [0.25, 0.3) is 0 Å². The van der Waals surface area contributed by atoms with Gasteiger partial charge in [-0.2, -0.15) is 0 Å². The molecule has 0 aliphatic carbocycles. The van der Waals surface area contributed by atoms with Gasteiger partial charge in [-0.1, -0.05) is 0 Å². The van der Waals surface area contributed by atoms with Crippen molar-refractivity contribution in [3.8, 4) is 0 Å². The van der Waals surface area contributed by atoms with E-state index in [-0.39, 0.29) is 16.1 Å². The SMILES string of the molecule is CCNc1cc([N+](=O)[O-])cc(N2CCCC2(C)C)n1. The van der Waals surface area contributed by atoms with Crippen molar-refractivity contribution >= 4 is 17.3 Å². The summed E-state index contributed by atoms with van der Waals surface area (Å²) in [5.41, 5.74) is 0.0924. The molecule has 1 aliphatic rings. The molecular weight excluding hydrogens is 244 g/mol. The molecular formula is C13H20N4O2. The Kier molecular flexibility index (Phi) is 3.59. The Balaban J connectivity index is 2.41. The molecule has 1 aliphatic heterocycles. The summed E-state index contributed by atoms with van der Waals surface area (Å²) in [5.74, 6) is 1.25. The molecule has 6 heteroatoms. The minimum Gasteiger partial charge on any atom is -0.370 e. The normalized spacial score (nSPS) is 17.5. The van der Waals surface area contributed by atoms with Crippen molar-refractivity contribution < 1.29 is 4.92 Å². The van der Waals surface area contributed by atoms with Crippen LogP contribution >= 0.6 is 0 Å². The largest absolute Gasteiger partial charge is 0.370 e. The minimum atomic E-state index is -0.366.